The first-order chi connectivity index (χ1) is 8.74. The van der Waals surface area contributed by atoms with Crippen molar-refractivity contribution in [3.8, 4) is 0 Å². The average Bonchev–Trinajstić information content (AvgIpc) is 2.35. The van der Waals surface area contributed by atoms with E-state index in [2.05, 4.69) is 0 Å². The van der Waals surface area contributed by atoms with Crippen molar-refractivity contribution in [2.75, 3.05) is 25.6 Å². The standard InChI is InChI=1S/C9H24O3S4Si2/c1-4-10-18(11-5-2,12-6-3)9-7-8-13-14-15-16-17/h4-9H2,1-3,17H3. The summed E-state index contributed by atoms with van der Waals surface area (Å²) >= 11 is 0. The predicted molar refractivity (Wildman–Crippen MR) is 95.2 cm³/mol. The van der Waals surface area contributed by atoms with Crippen molar-refractivity contribution in [2.24, 2.45) is 0 Å². The summed E-state index contributed by atoms with van der Waals surface area (Å²) in [5, 5.41) is 0. The fourth-order valence-corrected chi connectivity index (χ4v) is 14.1. The van der Waals surface area contributed by atoms with Gasteiger partial charge in [-0.25, -0.2) is 0 Å². The van der Waals surface area contributed by atoms with Crippen molar-refractivity contribution in [2.45, 2.75) is 33.2 Å². The molecular weight excluding hydrogens is 341 g/mol. The molecule has 9 heteroatoms. The third-order valence-electron chi connectivity index (χ3n) is 1.95. The van der Waals surface area contributed by atoms with E-state index >= 15 is 0 Å². The Balaban J connectivity index is 3.97. The highest BCUT2D eigenvalue weighted by Crippen LogP contribution is 2.41. The summed E-state index contributed by atoms with van der Waals surface area (Å²) in [6.07, 6.45) is 1.09. The molecule has 0 heterocycles. The van der Waals surface area contributed by atoms with Crippen molar-refractivity contribution >= 4 is 58.9 Å². The van der Waals surface area contributed by atoms with Gasteiger partial charge in [0.25, 0.3) is 0 Å². The van der Waals surface area contributed by atoms with Crippen LogP contribution in [0.3, 0.4) is 0 Å². The molecule has 0 aliphatic rings. The first kappa shape index (κ1) is 19.7. The zero-order valence-electron chi connectivity index (χ0n) is 11.6. The second-order valence-electron chi connectivity index (χ2n) is 3.21. The third-order valence-corrected chi connectivity index (χ3v) is 15.0. The topological polar surface area (TPSA) is 27.7 Å². The number of hydrogen-bond acceptors (Lipinski definition) is 7. The van der Waals surface area contributed by atoms with E-state index in [9.17, 15) is 0 Å². The SMILES string of the molecule is CCO[Si](CCCSSSS[SiH3])(OCC)OCC. The van der Waals surface area contributed by atoms with Gasteiger partial charge in [0.2, 0.25) is 0 Å². The van der Waals surface area contributed by atoms with E-state index in [1.54, 1.807) is 0 Å². The number of hydrogen-bond donors (Lipinski definition) is 0. The van der Waals surface area contributed by atoms with Crippen LogP contribution in [-0.2, 0) is 13.3 Å². The highest BCUT2D eigenvalue weighted by molar-refractivity contribution is 9.28. The normalized spacial score (nSPS) is 12.2. The summed E-state index contributed by atoms with van der Waals surface area (Å²) in [7, 11) is 6.38. The first-order valence-electron chi connectivity index (χ1n) is 6.15. The molecule has 0 saturated carbocycles. The van der Waals surface area contributed by atoms with Gasteiger partial charge in [0.05, 0.1) is 9.39 Å². The summed E-state index contributed by atoms with van der Waals surface area (Å²) in [5.41, 5.74) is 0. The van der Waals surface area contributed by atoms with Gasteiger partial charge in [-0.05, 0) is 46.8 Å². The lowest BCUT2D eigenvalue weighted by Crippen LogP contribution is -2.46. The third kappa shape index (κ3) is 9.59. The Kier molecular flexibility index (Phi) is 15.0. The van der Waals surface area contributed by atoms with E-state index in [1.165, 1.54) is 9.39 Å². The van der Waals surface area contributed by atoms with Gasteiger partial charge < -0.3 is 13.3 Å². The minimum absolute atomic E-state index is 0.668. The molecule has 0 unspecified atom stereocenters. The molecular formula is C9H24O3S4Si2. The Morgan fingerprint density at radius 3 is 1.94 bits per heavy atom. The summed E-state index contributed by atoms with van der Waals surface area (Å²) in [6.45, 7) is 8.01. The van der Waals surface area contributed by atoms with Gasteiger partial charge in [-0.2, -0.15) is 0 Å². The molecule has 0 fully saturated rings. The molecule has 0 bridgehead atoms. The van der Waals surface area contributed by atoms with Crippen LogP contribution in [0.5, 0.6) is 0 Å². The second-order valence-corrected chi connectivity index (χ2v) is 15.2. The quantitative estimate of drug-likeness (QED) is 0.281. The Bertz CT molecular complexity index is 174. The molecule has 0 aromatic carbocycles. The Hall–Kier alpha value is 1.71. The lowest BCUT2D eigenvalue weighted by molar-refractivity contribution is 0.0712. The Labute approximate surface area is 130 Å². The van der Waals surface area contributed by atoms with Crippen LogP contribution in [0, 0.1) is 0 Å². The van der Waals surface area contributed by atoms with Crippen molar-refractivity contribution in [1.29, 1.82) is 0 Å². The van der Waals surface area contributed by atoms with E-state index in [-0.39, 0.29) is 0 Å². The molecule has 0 spiro atoms. The maximum absolute atomic E-state index is 5.81. The maximum atomic E-state index is 5.81. The lowest BCUT2D eigenvalue weighted by Gasteiger charge is -2.28. The van der Waals surface area contributed by atoms with Gasteiger partial charge in [0.1, 0.15) is 0 Å². The van der Waals surface area contributed by atoms with Crippen LogP contribution in [0.2, 0.25) is 6.04 Å². The molecule has 0 aromatic rings. The molecule has 3 nitrogen and oxygen atoms in total. The van der Waals surface area contributed by atoms with Crippen LogP contribution in [0.4, 0.5) is 0 Å². The summed E-state index contributed by atoms with van der Waals surface area (Å²) in [6, 6.07) is 0.925. The summed E-state index contributed by atoms with van der Waals surface area (Å²) in [5.74, 6) is 1.13. The van der Waals surface area contributed by atoms with Gasteiger partial charge in [-0.1, -0.05) is 10.8 Å². The predicted octanol–water partition coefficient (Wildman–Crippen LogP) is 3.38. The Morgan fingerprint density at radius 1 is 0.944 bits per heavy atom. The summed E-state index contributed by atoms with van der Waals surface area (Å²) in [4.78, 5) is 0. The number of rotatable bonds is 13. The fraction of sp³-hybridized carbons (Fsp3) is 1.00. The molecule has 0 atom stereocenters. The van der Waals surface area contributed by atoms with E-state index in [0.29, 0.717) is 19.8 Å². The Morgan fingerprint density at radius 2 is 1.50 bits per heavy atom. The molecule has 110 valence electrons. The van der Waals surface area contributed by atoms with Crippen molar-refractivity contribution in [3.63, 3.8) is 0 Å². The van der Waals surface area contributed by atoms with Gasteiger partial charge in [-0.15, -0.1) is 10.2 Å². The van der Waals surface area contributed by atoms with Gasteiger partial charge >= 0.3 is 8.80 Å². The monoisotopic (exact) mass is 364 g/mol. The highest BCUT2D eigenvalue weighted by Gasteiger charge is 2.39. The van der Waals surface area contributed by atoms with Crippen LogP contribution in [0.15, 0.2) is 0 Å². The van der Waals surface area contributed by atoms with Crippen molar-refractivity contribution < 1.29 is 13.3 Å². The molecule has 0 aromatic heterocycles. The van der Waals surface area contributed by atoms with Gasteiger partial charge in [0, 0.05) is 31.6 Å². The van der Waals surface area contributed by atoms with Crippen molar-refractivity contribution in [3.05, 3.63) is 0 Å². The van der Waals surface area contributed by atoms with Crippen LogP contribution < -0.4 is 0 Å². The van der Waals surface area contributed by atoms with Gasteiger partial charge in [0.15, 0.2) is 0 Å². The molecule has 0 aliphatic heterocycles. The van der Waals surface area contributed by atoms with Crippen LogP contribution in [-0.4, -0.2) is 43.8 Å². The van der Waals surface area contributed by atoms with Crippen LogP contribution >= 0.6 is 40.7 Å². The first-order valence-corrected chi connectivity index (χ1v) is 15.9. The average molecular weight is 365 g/mol. The summed E-state index contributed by atoms with van der Waals surface area (Å²) < 4.78 is 17.4. The fourth-order valence-electron chi connectivity index (χ4n) is 1.43. The molecule has 0 radical (unpaired) electrons. The zero-order chi connectivity index (χ0) is 13.7. The molecule has 18 heavy (non-hydrogen) atoms. The largest absolute Gasteiger partial charge is 0.500 e. The maximum Gasteiger partial charge on any atom is 0.500 e. The molecule has 0 amide bonds. The van der Waals surface area contributed by atoms with Crippen LogP contribution in [0.25, 0.3) is 0 Å². The van der Waals surface area contributed by atoms with E-state index < -0.39 is 8.80 Å². The second kappa shape index (κ2) is 13.7. The van der Waals surface area contributed by atoms with E-state index in [0.717, 1.165) is 18.2 Å². The molecule has 0 N–H and O–H groups in total. The molecule has 0 aliphatic carbocycles. The van der Waals surface area contributed by atoms with Gasteiger partial charge in [-0.3, -0.25) is 0 Å². The lowest BCUT2D eigenvalue weighted by atomic mass is 10.6. The highest BCUT2D eigenvalue weighted by atomic mass is 33.7. The molecule has 0 saturated heterocycles. The van der Waals surface area contributed by atoms with E-state index in [4.69, 9.17) is 13.3 Å². The smallest absolute Gasteiger partial charge is 0.374 e. The van der Waals surface area contributed by atoms with E-state index in [1.807, 2.05) is 61.5 Å². The molecule has 0 rings (SSSR count). The zero-order valence-corrected chi connectivity index (χ0v) is 17.9. The van der Waals surface area contributed by atoms with Crippen molar-refractivity contribution in [1.82, 2.24) is 0 Å². The van der Waals surface area contributed by atoms with Crippen LogP contribution in [0.1, 0.15) is 27.2 Å². The minimum atomic E-state index is -2.39. The minimum Gasteiger partial charge on any atom is -0.374 e.